The Bertz CT molecular complexity index is 916. The molecule has 0 aromatic carbocycles. The van der Waals surface area contributed by atoms with Gasteiger partial charge in [-0.1, -0.05) is 0 Å². The van der Waals surface area contributed by atoms with Crippen LogP contribution in [0.3, 0.4) is 0 Å². The van der Waals surface area contributed by atoms with Gasteiger partial charge in [0.05, 0.1) is 19.0 Å². The highest BCUT2D eigenvalue weighted by Gasteiger charge is 2.38. The number of phosphoric acid groups is 1. The average Bonchev–Trinajstić information content (AvgIpc) is 3.40. The molecule has 2 aromatic heterocycles. The molecule has 2 aromatic rings. The molecule has 3 rings (SSSR count). The summed E-state index contributed by atoms with van der Waals surface area (Å²) in [6, 6.07) is 0. The Kier molecular flexibility index (Phi) is 17.7. The summed E-state index contributed by atoms with van der Waals surface area (Å²) >= 11 is 4.11. The predicted octanol–water partition coefficient (Wildman–Crippen LogP) is -2.17. The molecule has 0 radical (unpaired) electrons. The summed E-state index contributed by atoms with van der Waals surface area (Å²) in [4.78, 5) is 39.2. The van der Waals surface area contributed by atoms with Crippen LogP contribution in [0.5, 0.6) is 0 Å². The summed E-state index contributed by atoms with van der Waals surface area (Å²) in [5.41, 5.74) is 6.39. The molecule has 3 unspecified atom stereocenters. The lowest BCUT2D eigenvalue weighted by Crippen LogP contribution is -2.19. The van der Waals surface area contributed by atoms with E-state index in [1.165, 1.54) is 17.2 Å². The van der Waals surface area contributed by atoms with Gasteiger partial charge in [0.2, 0.25) is 0 Å². The number of hydrogen-bond donors (Lipinski definition) is 9. The van der Waals surface area contributed by atoms with E-state index in [9.17, 15) is 14.6 Å². The molecule has 1 aliphatic heterocycles. The Balaban J connectivity index is 0. The number of nitrogen functional groups attached to an aromatic ring is 1. The Morgan fingerprint density at radius 1 is 1.12 bits per heavy atom. The highest BCUT2D eigenvalue weighted by Crippen LogP contribution is 2.58. The van der Waals surface area contributed by atoms with E-state index in [-0.39, 0.29) is 12.2 Å². The van der Waals surface area contributed by atoms with Gasteiger partial charge in [-0.25, -0.2) is 23.8 Å². The van der Waals surface area contributed by atoms with Crippen molar-refractivity contribution in [2.75, 3.05) is 40.8 Å². The summed E-state index contributed by atoms with van der Waals surface area (Å²) in [6.07, 6.45) is 0.0227. The van der Waals surface area contributed by atoms with Gasteiger partial charge < -0.3 is 50.7 Å². The second-order valence-electron chi connectivity index (χ2n) is 5.37. The zero-order valence-corrected chi connectivity index (χ0v) is 21.3. The van der Waals surface area contributed by atoms with Crippen molar-refractivity contribution in [1.82, 2.24) is 19.5 Å². The normalized spacial score (nSPS) is 20.8. The molecule has 0 saturated carbocycles. The molecule has 10 N–H and O–H groups in total. The third-order valence-electron chi connectivity index (χ3n) is 3.46. The van der Waals surface area contributed by atoms with Crippen LogP contribution in [0.2, 0.25) is 0 Å². The Morgan fingerprint density at radius 2 is 1.68 bits per heavy atom. The lowest BCUT2D eigenvalue weighted by molar-refractivity contribution is -0.0480. The van der Waals surface area contributed by atoms with Crippen molar-refractivity contribution in [3.05, 3.63) is 12.7 Å². The van der Waals surface area contributed by atoms with Gasteiger partial charge in [0, 0.05) is 34.9 Å². The van der Waals surface area contributed by atoms with Crippen LogP contribution in [-0.2, 0) is 29.9 Å². The largest absolute Gasteiger partial charge is 0.479 e. The first kappa shape index (κ1) is 35.0. The first-order valence-corrected chi connectivity index (χ1v) is 13.0. The summed E-state index contributed by atoms with van der Waals surface area (Å²) in [6.45, 7) is -4.84. The number of aliphatic hydroxyl groups is 5. The van der Waals surface area contributed by atoms with Gasteiger partial charge in [-0.15, -0.1) is 0 Å². The zero-order chi connectivity index (χ0) is 27.1. The molecule has 34 heavy (non-hydrogen) atoms. The number of hydrogen-bond acceptors (Lipinski definition) is 14. The van der Waals surface area contributed by atoms with Crippen molar-refractivity contribution in [3.8, 4) is 0 Å². The maximum atomic E-state index is 11.6. The number of phosphoric ester groups is 1. The maximum absolute atomic E-state index is 11.6. The number of aliphatic hydroxyl groups excluding tert-OH is 5. The summed E-state index contributed by atoms with van der Waals surface area (Å²) in [5, 5.41) is 38.2. The Hall–Kier alpha value is -1.21. The molecule has 1 aliphatic rings. The highest BCUT2D eigenvalue weighted by atomic mass is 32.5. The van der Waals surface area contributed by atoms with Crippen LogP contribution in [0.4, 0.5) is 5.82 Å². The first-order chi connectivity index (χ1) is 16.1. The lowest BCUT2D eigenvalue weighted by Gasteiger charge is -2.18. The molecule has 4 atom stereocenters. The van der Waals surface area contributed by atoms with E-state index in [2.05, 4.69) is 35.6 Å². The van der Waals surface area contributed by atoms with E-state index in [1.54, 1.807) is 0 Å². The molecule has 1 saturated heterocycles. The van der Waals surface area contributed by atoms with Crippen molar-refractivity contribution < 1.29 is 58.3 Å². The standard InChI is InChI=1S/C10H15N5O8P2S.4CH4O/c11-8-7-9(13-3-12-8)15(4-14-7)10-6(16)1-5(22-10)2-21-24(17,18)23-25(19,20)26;4*1-2/h3-6,10,16H,1-2H2,(H,17,18)(H2,11,12,13)(H2,19,20,26);4*2H,1H3/t5-,6?,10?;;;;/m0..../s1. The minimum absolute atomic E-state index is 0.0668. The Morgan fingerprint density at radius 3 is 2.21 bits per heavy atom. The average molecular weight is 555 g/mol. The molecule has 0 aliphatic carbocycles. The molecule has 200 valence electrons. The van der Waals surface area contributed by atoms with Crippen LogP contribution in [0.15, 0.2) is 12.7 Å². The molecule has 0 spiro atoms. The number of fused-ring (bicyclic) bond motifs is 1. The fraction of sp³-hybridized carbons (Fsp3) is 0.643. The number of ether oxygens (including phenoxy) is 1. The minimum atomic E-state index is -4.78. The topological polar surface area (TPSA) is 276 Å². The zero-order valence-electron chi connectivity index (χ0n) is 18.7. The Labute approximate surface area is 199 Å². The second kappa shape index (κ2) is 17.3. The molecular weight excluding hydrogens is 524 g/mol. The van der Waals surface area contributed by atoms with Gasteiger partial charge in [-0.3, -0.25) is 9.09 Å². The van der Waals surface area contributed by atoms with E-state index >= 15 is 0 Å². The highest BCUT2D eigenvalue weighted by molar-refractivity contribution is 8.08. The number of aromatic nitrogens is 4. The fourth-order valence-electron chi connectivity index (χ4n) is 2.48. The number of rotatable bonds is 6. The van der Waals surface area contributed by atoms with Gasteiger partial charge >= 0.3 is 14.5 Å². The van der Waals surface area contributed by atoms with Crippen LogP contribution < -0.4 is 5.73 Å². The third kappa shape index (κ3) is 11.0. The van der Waals surface area contributed by atoms with Crippen molar-refractivity contribution in [2.24, 2.45) is 0 Å². The molecule has 3 heterocycles. The van der Waals surface area contributed by atoms with E-state index in [1.807, 2.05) is 0 Å². The van der Waals surface area contributed by atoms with Crippen LogP contribution in [0.1, 0.15) is 12.6 Å². The van der Waals surface area contributed by atoms with E-state index < -0.39 is 39.6 Å². The van der Waals surface area contributed by atoms with Crippen molar-refractivity contribution in [3.63, 3.8) is 0 Å². The molecule has 0 bridgehead atoms. The van der Waals surface area contributed by atoms with E-state index in [4.69, 9.17) is 40.7 Å². The molecular formula is C14H31N5O12P2S. The number of nitrogens with zero attached hydrogens (tertiary/aromatic N) is 4. The number of nitrogens with two attached hydrogens (primary N) is 1. The monoisotopic (exact) mass is 555 g/mol. The summed E-state index contributed by atoms with van der Waals surface area (Å²) < 4.78 is 27.3. The quantitative estimate of drug-likeness (QED) is 0.171. The van der Waals surface area contributed by atoms with E-state index in [0.29, 0.717) is 11.2 Å². The SMILES string of the molecule is CO.CO.CO.CO.Nc1ncnc2c1ncn2C1O[C@H](COP(=O)(O)OP(O)(O)=S)CC1O. The van der Waals surface area contributed by atoms with Gasteiger partial charge in [-0.2, -0.15) is 0 Å². The molecule has 20 heteroatoms. The fourth-order valence-corrected chi connectivity index (χ4v) is 4.86. The second-order valence-corrected chi connectivity index (χ2v) is 9.63. The molecule has 1 fully saturated rings. The summed E-state index contributed by atoms with van der Waals surface area (Å²) in [5.74, 6) is 0.170. The van der Waals surface area contributed by atoms with Gasteiger partial charge in [0.1, 0.15) is 17.9 Å². The number of imidazole rings is 1. The number of anilines is 1. The molecule has 0 amide bonds. The smallest absolute Gasteiger partial charge is 0.400 e. The summed E-state index contributed by atoms with van der Waals surface area (Å²) in [7, 11) is -0.784. The van der Waals surface area contributed by atoms with Crippen molar-refractivity contribution >= 4 is 43.3 Å². The van der Waals surface area contributed by atoms with Crippen molar-refractivity contribution in [1.29, 1.82) is 0 Å². The minimum Gasteiger partial charge on any atom is -0.400 e. The maximum Gasteiger partial charge on any atom is 0.479 e. The van der Waals surface area contributed by atoms with Crippen LogP contribution in [0, 0.1) is 0 Å². The third-order valence-corrected chi connectivity index (χ3v) is 6.21. The van der Waals surface area contributed by atoms with Crippen molar-refractivity contribution in [2.45, 2.75) is 24.9 Å². The first-order valence-electron chi connectivity index (χ1n) is 8.85. The van der Waals surface area contributed by atoms with Gasteiger partial charge in [-0.05, 0) is 11.8 Å². The van der Waals surface area contributed by atoms with E-state index in [0.717, 1.165) is 28.4 Å². The lowest BCUT2D eigenvalue weighted by atomic mass is 10.2. The van der Waals surface area contributed by atoms with Gasteiger partial charge in [0.25, 0.3) is 0 Å². The molecule has 17 nitrogen and oxygen atoms in total. The van der Waals surface area contributed by atoms with Crippen LogP contribution in [-0.4, -0.2) is 107 Å². The predicted molar refractivity (Wildman–Crippen MR) is 122 cm³/mol. The van der Waals surface area contributed by atoms with Gasteiger partial charge in [0.15, 0.2) is 17.7 Å². The van der Waals surface area contributed by atoms with Crippen LogP contribution in [0.25, 0.3) is 11.2 Å². The van der Waals surface area contributed by atoms with Crippen LogP contribution >= 0.6 is 14.5 Å².